The zero-order valence-corrected chi connectivity index (χ0v) is 20.5. The Kier molecular flexibility index (Phi) is 8.66. The fourth-order valence-corrected chi connectivity index (χ4v) is 4.42. The third kappa shape index (κ3) is 6.45. The van der Waals surface area contributed by atoms with Gasteiger partial charge in [-0.15, -0.1) is 11.3 Å². The number of amides is 1. The molecule has 0 spiro atoms. The van der Waals surface area contributed by atoms with Gasteiger partial charge in [0.2, 0.25) is 5.91 Å². The average molecular weight is 466 g/mol. The van der Waals surface area contributed by atoms with E-state index in [2.05, 4.69) is 38.2 Å². The van der Waals surface area contributed by atoms with Crippen molar-refractivity contribution < 1.29 is 19.1 Å². The molecule has 6 heteroatoms. The Hall–Kier alpha value is -3.12. The number of hydrogen-bond donors (Lipinski definition) is 1. The predicted octanol–water partition coefficient (Wildman–Crippen LogP) is 6.69. The van der Waals surface area contributed by atoms with Crippen LogP contribution in [0.25, 0.3) is 11.1 Å². The Bertz CT molecular complexity index is 1070. The molecule has 3 rings (SSSR count). The fraction of sp³-hybridized carbons (Fsp3) is 0.333. The second-order valence-electron chi connectivity index (χ2n) is 8.12. The molecule has 0 aliphatic carbocycles. The lowest BCUT2D eigenvalue weighted by atomic mass is 10.0. The summed E-state index contributed by atoms with van der Waals surface area (Å²) in [5, 5.41) is 5.27. The minimum absolute atomic E-state index is 0.159. The number of carbonyl (C=O) groups excluding carboxylic acids is 2. The van der Waals surface area contributed by atoms with Crippen molar-refractivity contribution in [2.75, 3.05) is 19.0 Å². The van der Waals surface area contributed by atoms with Gasteiger partial charge in [0, 0.05) is 17.4 Å². The second kappa shape index (κ2) is 11.7. The number of thiophene rings is 1. The molecule has 1 heterocycles. The van der Waals surface area contributed by atoms with Gasteiger partial charge in [-0.1, -0.05) is 57.2 Å². The molecule has 0 saturated carbocycles. The lowest BCUT2D eigenvalue weighted by Crippen LogP contribution is -2.14. The molecule has 174 valence electrons. The molecule has 0 fully saturated rings. The van der Waals surface area contributed by atoms with Gasteiger partial charge in [0.05, 0.1) is 13.7 Å². The van der Waals surface area contributed by atoms with Crippen molar-refractivity contribution in [2.45, 2.75) is 46.0 Å². The van der Waals surface area contributed by atoms with Gasteiger partial charge < -0.3 is 14.8 Å². The number of methoxy groups -OCH3 is 1. The Balaban J connectivity index is 1.59. The maximum Gasteiger partial charge on any atom is 0.341 e. The van der Waals surface area contributed by atoms with Crippen LogP contribution in [-0.4, -0.2) is 25.6 Å². The maximum atomic E-state index is 12.5. The van der Waals surface area contributed by atoms with Gasteiger partial charge in [0.1, 0.15) is 16.3 Å². The van der Waals surface area contributed by atoms with Crippen LogP contribution in [0.3, 0.4) is 0 Å². The lowest BCUT2D eigenvalue weighted by Gasteiger charge is -2.10. The number of benzene rings is 2. The molecule has 0 aliphatic rings. The molecule has 0 aliphatic heterocycles. The minimum atomic E-state index is -0.464. The van der Waals surface area contributed by atoms with Gasteiger partial charge in [-0.3, -0.25) is 4.79 Å². The fourth-order valence-electron chi connectivity index (χ4n) is 3.45. The predicted molar refractivity (Wildman–Crippen MR) is 134 cm³/mol. The standard InChI is InChI=1S/C27H31NO4S/c1-5-19-8-10-21(11-9-19)23-17-33-26(25(23)27(30)31-4)28-24(29)7-6-16-32-22-14-12-20(13-15-22)18(2)3/h8-15,17-18H,5-7,16H2,1-4H3,(H,28,29). The van der Waals surface area contributed by atoms with Crippen LogP contribution >= 0.6 is 11.3 Å². The van der Waals surface area contributed by atoms with Crippen molar-refractivity contribution in [2.24, 2.45) is 0 Å². The van der Waals surface area contributed by atoms with Crippen LogP contribution in [0.15, 0.2) is 53.9 Å². The lowest BCUT2D eigenvalue weighted by molar-refractivity contribution is -0.116. The molecule has 1 aromatic heterocycles. The summed E-state index contributed by atoms with van der Waals surface area (Å²) in [4.78, 5) is 25.0. The number of hydrogen-bond acceptors (Lipinski definition) is 5. The summed E-state index contributed by atoms with van der Waals surface area (Å²) < 4.78 is 10.7. The maximum absolute atomic E-state index is 12.5. The SMILES string of the molecule is CCc1ccc(-c2csc(NC(=O)CCCOc3ccc(C(C)C)cc3)c2C(=O)OC)cc1. The summed E-state index contributed by atoms with van der Waals surface area (Å²) in [7, 11) is 1.35. The summed E-state index contributed by atoms with van der Waals surface area (Å²) in [5.74, 6) is 0.652. The van der Waals surface area contributed by atoms with E-state index in [4.69, 9.17) is 9.47 Å². The van der Waals surface area contributed by atoms with Crippen LogP contribution in [-0.2, 0) is 16.0 Å². The Labute approximate surface area is 199 Å². The molecule has 3 aromatic rings. The molecule has 2 aromatic carbocycles. The van der Waals surface area contributed by atoms with E-state index in [1.54, 1.807) is 0 Å². The van der Waals surface area contributed by atoms with Gasteiger partial charge in [-0.2, -0.15) is 0 Å². The highest BCUT2D eigenvalue weighted by molar-refractivity contribution is 7.15. The quantitative estimate of drug-likeness (QED) is 0.268. The normalized spacial score (nSPS) is 10.8. The molecule has 1 N–H and O–H groups in total. The third-order valence-electron chi connectivity index (χ3n) is 5.47. The summed E-state index contributed by atoms with van der Waals surface area (Å²) in [6, 6.07) is 16.1. The number of rotatable bonds is 10. The summed E-state index contributed by atoms with van der Waals surface area (Å²) in [6.45, 7) is 6.84. The van der Waals surface area contributed by atoms with E-state index in [1.165, 1.54) is 29.6 Å². The van der Waals surface area contributed by atoms with E-state index < -0.39 is 5.97 Å². The van der Waals surface area contributed by atoms with E-state index in [9.17, 15) is 9.59 Å². The highest BCUT2D eigenvalue weighted by Crippen LogP contribution is 2.36. The van der Waals surface area contributed by atoms with Crippen LogP contribution in [0.2, 0.25) is 0 Å². The first-order chi connectivity index (χ1) is 15.9. The smallest absolute Gasteiger partial charge is 0.341 e. The van der Waals surface area contributed by atoms with Gasteiger partial charge in [0.25, 0.3) is 0 Å². The first-order valence-electron chi connectivity index (χ1n) is 11.2. The Morgan fingerprint density at radius 1 is 1.03 bits per heavy atom. The molecular weight excluding hydrogens is 434 g/mol. The van der Waals surface area contributed by atoms with Crippen molar-refractivity contribution in [3.63, 3.8) is 0 Å². The van der Waals surface area contributed by atoms with E-state index in [-0.39, 0.29) is 5.91 Å². The van der Waals surface area contributed by atoms with Gasteiger partial charge in [-0.05, 0) is 47.6 Å². The summed E-state index contributed by atoms with van der Waals surface area (Å²) >= 11 is 1.33. The van der Waals surface area contributed by atoms with Crippen molar-refractivity contribution >= 4 is 28.2 Å². The number of aryl methyl sites for hydroxylation is 1. The molecule has 0 saturated heterocycles. The van der Waals surface area contributed by atoms with Crippen LogP contribution in [0.1, 0.15) is 61.0 Å². The van der Waals surface area contributed by atoms with Crippen molar-refractivity contribution in [3.8, 4) is 16.9 Å². The first-order valence-corrected chi connectivity index (χ1v) is 12.1. The molecule has 0 radical (unpaired) electrons. The largest absolute Gasteiger partial charge is 0.494 e. The van der Waals surface area contributed by atoms with Crippen molar-refractivity contribution in [3.05, 3.63) is 70.6 Å². The minimum Gasteiger partial charge on any atom is -0.494 e. The van der Waals surface area contributed by atoms with Crippen LogP contribution < -0.4 is 10.1 Å². The van der Waals surface area contributed by atoms with Crippen LogP contribution in [0.5, 0.6) is 5.75 Å². The second-order valence-corrected chi connectivity index (χ2v) is 9.00. The molecule has 0 unspecified atom stereocenters. The van der Waals surface area contributed by atoms with E-state index >= 15 is 0 Å². The zero-order valence-electron chi connectivity index (χ0n) is 19.6. The number of anilines is 1. The third-order valence-corrected chi connectivity index (χ3v) is 6.37. The van der Waals surface area contributed by atoms with Gasteiger partial charge in [-0.25, -0.2) is 4.79 Å². The van der Waals surface area contributed by atoms with Gasteiger partial charge >= 0.3 is 5.97 Å². The topological polar surface area (TPSA) is 64.6 Å². The monoisotopic (exact) mass is 465 g/mol. The average Bonchev–Trinajstić information content (AvgIpc) is 3.25. The van der Waals surface area contributed by atoms with E-state index in [0.29, 0.717) is 35.9 Å². The highest BCUT2D eigenvalue weighted by atomic mass is 32.1. The Morgan fingerprint density at radius 3 is 2.33 bits per heavy atom. The number of ether oxygens (including phenoxy) is 2. The molecule has 5 nitrogen and oxygen atoms in total. The van der Waals surface area contributed by atoms with Crippen molar-refractivity contribution in [1.82, 2.24) is 0 Å². The Morgan fingerprint density at radius 2 is 1.73 bits per heavy atom. The van der Waals surface area contributed by atoms with E-state index in [0.717, 1.165) is 23.3 Å². The molecule has 33 heavy (non-hydrogen) atoms. The molecule has 0 atom stereocenters. The van der Waals surface area contributed by atoms with Gasteiger partial charge in [0.15, 0.2) is 0 Å². The molecular formula is C27H31NO4S. The summed E-state index contributed by atoms with van der Waals surface area (Å²) in [5.41, 5.74) is 4.56. The van der Waals surface area contributed by atoms with Crippen molar-refractivity contribution in [1.29, 1.82) is 0 Å². The summed E-state index contributed by atoms with van der Waals surface area (Å²) in [6.07, 6.45) is 1.81. The van der Waals surface area contributed by atoms with Crippen LogP contribution in [0, 0.1) is 0 Å². The van der Waals surface area contributed by atoms with Crippen LogP contribution in [0.4, 0.5) is 5.00 Å². The highest BCUT2D eigenvalue weighted by Gasteiger charge is 2.22. The molecule has 1 amide bonds. The first kappa shape index (κ1) is 24.5. The number of esters is 1. The number of carbonyl (C=O) groups is 2. The zero-order chi connectivity index (χ0) is 23.8. The number of nitrogens with one attached hydrogen (secondary N) is 1. The van der Waals surface area contributed by atoms with E-state index in [1.807, 2.05) is 41.8 Å². The molecule has 0 bridgehead atoms.